The second-order valence-corrected chi connectivity index (χ2v) is 4.82. The number of rotatable bonds is 4. The lowest BCUT2D eigenvalue weighted by Crippen LogP contribution is -2.22. The molecular weight excluding hydrogens is 304 g/mol. The molecule has 0 unspecified atom stereocenters. The summed E-state index contributed by atoms with van der Waals surface area (Å²) in [4.78, 5) is 20.0. The molecule has 1 amide bonds. The predicted octanol–water partition coefficient (Wildman–Crippen LogP) is 2.72. The zero-order chi connectivity index (χ0) is 15.4. The minimum Gasteiger partial charge on any atom is -0.343 e. The van der Waals surface area contributed by atoms with E-state index in [-0.39, 0.29) is 12.5 Å². The van der Waals surface area contributed by atoms with Gasteiger partial charge in [0.25, 0.3) is 5.91 Å². The van der Waals surface area contributed by atoms with E-state index in [1.807, 2.05) is 12.1 Å². The van der Waals surface area contributed by atoms with E-state index < -0.39 is 0 Å². The number of hydrogen-bond acceptors (Lipinski definition) is 5. The third kappa shape index (κ3) is 3.12. The molecule has 1 aromatic carbocycles. The van der Waals surface area contributed by atoms with Crippen LogP contribution in [0.3, 0.4) is 0 Å². The van der Waals surface area contributed by atoms with Crippen molar-refractivity contribution in [3.05, 3.63) is 65.3 Å². The first-order chi connectivity index (χ1) is 10.7. The first-order valence-electron chi connectivity index (χ1n) is 6.50. The Bertz CT molecular complexity index is 789. The number of hydrogen-bond donors (Lipinski definition) is 1. The maximum atomic E-state index is 11.9. The Morgan fingerprint density at radius 3 is 2.86 bits per heavy atom. The smallest absolute Gasteiger partial charge is 0.253 e. The second-order valence-electron chi connectivity index (χ2n) is 4.42. The van der Waals surface area contributed by atoms with Crippen LogP contribution in [0, 0.1) is 0 Å². The van der Waals surface area contributed by atoms with Crippen molar-refractivity contribution in [2.75, 3.05) is 0 Å². The summed E-state index contributed by atoms with van der Waals surface area (Å²) < 4.78 is 5.11. The molecule has 6 nitrogen and oxygen atoms in total. The van der Waals surface area contributed by atoms with Crippen LogP contribution >= 0.6 is 11.6 Å². The van der Waals surface area contributed by atoms with E-state index in [1.54, 1.807) is 30.5 Å². The lowest BCUT2D eigenvalue weighted by Gasteiger charge is -2.00. The van der Waals surface area contributed by atoms with E-state index in [2.05, 4.69) is 20.4 Å². The van der Waals surface area contributed by atoms with E-state index in [0.717, 1.165) is 0 Å². The SMILES string of the molecule is O=C(NCc1nc(-c2ccccc2Cl)no1)c1cccnc1. The zero-order valence-corrected chi connectivity index (χ0v) is 12.1. The van der Waals surface area contributed by atoms with Gasteiger partial charge in [0.1, 0.15) is 0 Å². The molecule has 0 bridgehead atoms. The fourth-order valence-electron chi connectivity index (χ4n) is 1.83. The Morgan fingerprint density at radius 1 is 1.23 bits per heavy atom. The van der Waals surface area contributed by atoms with Crippen LogP contribution in [0.15, 0.2) is 53.3 Å². The molecule has 0 fully saturated rings. The van der Waals surface area contributed by atoms with Gasteiger partial charge in [0.15, 0.2) is 0 Å². The first kappa shape index (κ1) is 14.2. The topological polar surface area (TPSA) is 80.9 Å². The standard InChI is InChI=1S/C15H11ClN4O2/c16-12-6-2-1-5-11(12)14-19-13(22-20-14)9-18-15(21)10-4-3-7-17-8-10/h1-8H,9H2,(H,18,21). The molecule has 0 saturated carbocycles. The molecular formula is C15H11ClN4O2. The Balaban J connectivity index is 1.68. The van der Waals surface area contributed by atoms with Crippen molar-refractivity contribution < 1.29 is 9.32 Å². The highest BCUT2D eigenvalue weighted by Gasteiger charge is 2.12. The highest BCUT2D eigenvalue weighted by molar-refractivity contribution is 6.33. The van der Waals surface area contributed by atoms with Gasteiger partial charge in [-0.05, 0) is 24.3 Å². The lowest BCUT2D eigenvalue weighted by molar-refractivity contribution is 0.0946. The van der Waals surface area contributed by atoms with Crippen LogP contribution in [0.1, 0.15) is 16.2 Å². The minimum absolute atomic E-state index is 0.130. The van der Waals surface area contributed by atoms with Crippen LogP contribution in [-0.2, 0) is 6.54 Å². The van der Waals surface area contributed by atoms with Crippen LogP contribution in [-0.4, -0.2) is 21.0 Å². The van der Waals surface area contributed by atoms with Crippen LogP contribution in [0.25, 0.3) is 11.4 Å². The second kappa shape index (κ2) is 6.36. The fourth-order valence-corrected chi connectivity index (χ4v) is 2.05. The molecule has 2 heterocycles. The monoisotopic (exact) mass is 314 g/mol. The maximum absolute atomic E-state index is 11.9. The maximum Gasteiger partial charge on any atom is 0.253 e. The van der Waals surface area contributed by atoms with Gasteiger partial charge < -0.3 is 9.84 Å². The number of aromatic nitrogens is 3. The molecule has 0 radical (unpaired) electrons. The summed E-state index contributed by atoms with van der Waals surface area (Å²) in [5.74, 6) is 0.425. The molecule has 0 aliphatic heterocycles. The lowest BCUT2D eigenvalue weighted by atomic mass is 10.2. The molecule has 0 atom stereocenters. The number of halogens is 1. The molecule has 0 aliphatic carbocycles. The zero-order valence-electron chi connectivity index (χ0n) is 11.4. The number of pyridine rings is 1. The molecule has 0 spiro atoms. The fraction of sp³-hybridized carbons (Fsp3) is 0.0667. The number of amides is 1. The summed E-state index contributed by atoms with van der Waals surface area (Å²) in [5, 5.41) is 7.09. The predicted molar refractivity (Wildman–Crippen MR) is 80.2 cm³/mol. The summed E-state index contributed by atoms with van der Waals surface area (Å²) >= 11 is 6.08. The molecule has 1 N–H and O–H groups in total. The summed E-state index contributed by atoms with van der Waals surface area (Å²) in [5.41, 5.74) is 1.14. The quantitative estimate of drug-likeness (QED) is 0.800. The van der Waals surface area contributed by atoms with E-state index in [0.29, 0.717) is 27.9 Å². The molecule has 22 heavy (non-hydrogen) atoms. The molecule has 110 valence electrons. The largest absolute Gasteiger partial charge is 0.343 e. The minimum atomic E-state index is -0.259. The molecule has 3 rings (SSSR count). The van der Waals surface area contributed by atoms with Gasteiger partial charge in [0.05, 0.1) is 17.1 Å². The van der Waals surface area contributed by atoms with E-state index in [9.17, 15) is 4.79 Å². The van der Waals surface area contributed by atoms with Crippen molar-refractivity contribution in [1.29, 1.82) is 0 Å². The van der Waals surface area contributed by atoms with Gasteiger partial charge in [-0.3, -0.25) is 9.78 Å². The Morgan fingerprint density at radius 2 is 2.09 bits per heavy atom. The van der Waals surface area contributed by atoms with Crippen molar-refractivity contribution in [2.45, 2.75) is 6.54 Å². The molecule has 0 saturated heterocycles. The van der Waals surface area contributed by atoms with Crippen molar-refractivity contribution >= 4 is 17.5 Å². The van der Waals surface area contributed by atoms with Crippen LogP contribution in [0.2, 0.25) is 5.02 Å². The van der Waals surface area contributed by atoms with Gasteiger partial charge in [0, 0.05) is 18.0 Å². The third-order valence-corrected chi connectivity index (χ3v) is 3.24. The van der Waals surface area contributed by atoms with Gasteiger partial charge in [-0.25, -0.2) is 0 Å². The van der Waals surface area contributed by atoms with E-state index in [4.69, 9.17) is 16.1 Å². The number of benzene rings is 1. The van der Waals surface area contributed by atoms with Crippen molar-refractivity contribution in [1.82, 2.24) is 20.4 Å². The van der Waals surface area contributed by atoms with Crippen molar-refractivity contribution in [3.63, 3.8) is 0 Å². The Hall–Kier alpha value is -2.73. The Kier molecular flexibility index (Phi) is 4.11. The molecule has 2 aromatic heterocycles. The van der Waals surface area contributed by atoms with Crippen LogP contribution < -0.4 is 5.32 Å². The van der Waals surface area contributed by atoms with Gasteiger partial charge >= 0.3 is 0 Å². The van der Waals surface area contributed by atoms with Crippen LogP contribution in [0.4, 0.5) is 0 Å². The molecule has 3 aromatic rings. The van der Waals surface area contributed by atoms with Crippen molar-refractivity contribution in [3.8, 4) is 11.4 Å². The highest BCUT2D eigenvalue weighted by atomic mass is 35.5. The van der Waals surface area contributed by atoms with Gasteiger partial charge in [-0.15, -0.1) is 0 Å². The number of nitrogens with zero attached hydrogens (tertiary/aromatic N) is 3. The summed E-state index contributed by atoms with van der Waals surface area (Å²) in [6.45, 7) is 0.130. The average Bonchev–Trinajstić information content (AvgIpc) is 3.02. The third-order valence-electron chi connectivity index (χ3n) is 2.91. The molecule has 0 aliphatic rings. The normalized spacial score (nSPS) is 10.4. The van der Waals surface area contributed by atoms with Gasteiger partial charge in [-0.1, -0.05) is 28.9 Å². The number of carbonyl (C=O) groups excluding carboxylic acids is 1. The summed E-state index contributed by atoms with van der Waals surface area (Å²) in [7, 11) is 0. The number of nitrogens with one attached hydrogen (secondary N) is 1. The van der Waals surface area contributed by atoms with E-state index >= 15 is 0 Å². The number of carbonyl (C=O) groups is 1. The highest BCUT2D eigenvalue weighted by Crippen LogP contribution is 2.24. The van der Waals surface area contributed by atoms with Crippen molar-refractivity contribution in [2.24, 2.45) is 0 Å². The molecule has 7 heteroatoms. The first-order valence-corrected chi connectivity index (χ1v) is 6.87. The summed E-state index contributed by atoms with van der Waals surface area (Å²) in [6, 6.07) is 10.6. The van der Waals surface area contributed by atoms with Gasteiger partial charge in [0.2, 0.25) is 11.7 Å². The van der Waals surface area contributed by atoms with Gasteiger partial charge in [-0.2, -0.15) is 4.98 Å². The van der Waals surface area contributed by atoms with E-state index in [1.165, 1.54) is 6.20 Å². The van der Waals surface area contributed by atoms with Crippen LogP contribution in [0.5, 0.6) is 0 Å². The Labute approximate surface area is 131 Å². The average molecular weight is 315 g/mol. The summed E-state index contributed by atoms with van der Waals surface area (Å²) in [6.07, 6.45) is 3.09.